The third-order valence-corrected chi connectivity index (χ3v) is 2.58. The van der Waals surface area contributed by atoms with Gasteiger partial charge in [-0.25, -0.2) is 5.10 Å². The van der Waals surface area contributed by atoms with Gasteiger partial charge in [-0.3, -0.25) is 14.4 Å². The smallest absolute Gasteiger partial charge is 0.307 e. The maximum Gasteiger partial charge on any atom is 0.307 e. The van der Waals surface area contributed by atoms with Crippen LogP contribution in [0.25, 0.3) is 0 Å². The number of nitrogens with zero attached hydrogens (tertiary/aromatic N) is 1. The number of phenols is 1. The Morgan fingerprint density at radius 1 is 1.24 bits per heavy atom. The maximum atomic E-state index is 11.9. The number of aromatic hydroxyl groups is 1. The van der Waals surface area contributed by atoms with Gasteiger partial charge in [0.05, 0.1) is 12.1 Å². The van der Waals surface area contributed by atoms with Crippen LogP contribution in [0.5, 0.6) is 5.75 Å². The van der Waals surface area contributed by atoms with E-state index < -0.39 is 17.4 Å². The molecule has 0 aliphatic carbocycles. The number of amides is 1. The van der Waals surface area contributed by atoms with E-state index in [2.05, 4.69) is 15.5 Å². The van der Waals surface area contributed by atoms with E-state index in [9.17, 15) is 19.5 Å². The van der Waals surface area contributed by atoms with Crippen LogP contribution < -0.4 is 10.9 Å². The van der Waals surface area contributed by atoms with Crippen molar-refractivity contribution < 1.29 is 19.8 Å². The van der Waals surface area contributed by atoms with E-state index in [1.807, 2.05) is 0 Å². The molecule has 8 nitrogen and oxygen atoms in total. The molecule has 2 rings (SSSR count). The number of benzene rings is 1. The molecule has 0 unspecified atom stereocenters. The molecule has 0 aliphatic heterocycles. The number of rotatable bonds is 4. The van der Waals surface area contributed by atoms with E-state index in [0.29, 0.717) is 5.56 Å². The second kappa shape index (κ2) is 5.87. The van der Waals surface area contributed by atoms with E-state index in [0.717, 1.165) is 6.07 Å². The minimum atomic E-state index is -1.03. The van der Waals surface area contributed by atoms with Crippen molar-refractivity contribution in [2.45, 2.75) is 6.42 Å². The summed E-state index contributed by atoms with van der Waals surface area (Å²) in [5, 5.41) is 26.4. The number of H-pyrrole nitrogens is 1. The molecule has 0 saturated heterocycles. The van der Waals surface area contributed by atoms with E-state index in [1.165, 1.54) is 24.3 Å². The Bertz CT molecular complexity index is 733. The second-order valence-corrected chi connectivity index (χ2v) is 4.18. The molecule has 0 bridgehead atoms. The molecule has 1 heterocycles. The van der Waals surface area contributed by atoms with Gasteiger partial charge in [0, 0.05) is 6.07 Å². The van der Waals surface area contributed by atoms with Gasteiger partial charge in [-0.1, -0.05) is 6.07 Å². The van der Waals surface area contributed by atoms with Crippen molar-refractivity contribution in [3.63, 3.8) is 0 Å². The van der Waals surface area contributed by atoms with Crippen LogP contribution >= 0.6 is 0 Å². The highest BCUT2D eigenvalue weighted by Gasteiger charge is 2.12. The molecule has 0 fully saturated rings. The topological polar surface area (TPSA) is 132 Å². The number of aromatic nitrogens is 2. The van der Waals surface area contributed by atoms with E-state index in [-0.39, 0.29) is 23.6 Å². The van der Waals surface area contributed by atoms with Gasteiger partial charge < -0.3 is 15.5 Å². The highest BCUT2D eigenvalue weighted by Crippen LogP contribution is 2.24. The fourth-order valence-electron chi connectivity index (χ4n) is 1.63. The van der Waals surface area contributed by atoms with Crippen molar-refractivity contribution in [3.05, 3.63) is 51.9 Å². The summed E-state index contributed by atoms with van der Waals surface area (Å²) in [4.78, 5) is 33.4. The molecule has 4 N–H and O–H groups in total. The Morgan fingerprint density at radius 2 is 2.00 bits per heavy atom. The Kier molecular flexibility index (Phi) is 3.98. The number of carbonyl (C=O) groups is 2. The molecule has 2 aromatic rings. The van der Waals surface area contributed by atoms with E-state index >= 15 is 0 Å². The standard InChI is InChI=1S/C13H11N3O5/c17-10-3-1-7(6-12(19)20)5-9(10)14-13(21)8-2-4-11(18)16-15-8/h1-5,17H,6H2,(H,14,21)(H,16,18)(H,19,20). The fourth-order valence-corrected chi connectivity index (χ4v) is 1.63. The highest BCUT2D eigenvalue weighted by molar-refractivity contribution is 6.03. The first-order valence-electron chi connectivity index (χ1n) is 5.86. The average molecular weight is 289 g/mol. The summed E-state index contributed by atoms with van der Waals surface area (Å²) >= 11 is 0. The summed E-state index contributed by atoms with van der Waals surface area (Å²) in [6.45, 7) is 0. The number of aromatic amines is 1. The molecule has 0 atom stereocenters. The summed E-state index contributed by atoms with van der Waals surface area (Å²) in [6.07, 6.45) is -0.236. The summed E-state index contributed by atoms with van der Waals surface area (Å²) in [5.41, 5.74) is -0.00716. The van der Waals surface area contributed by atoms with Crippen molar-refractivity contribution in [1.29, 1.82) is 0 Å². The molecular formula is C13H11N3O5. The van der Waals surface area contributed by atoms with Gasteiger partial charge in [-0.05, 0) is 23.8 Å². The lowest BCUT2D eigenvalue weighted by Gasteiger charge is -2.08. The number of nitrogens with one attached hydrogen (secondary N) is 2. The zero-order valence-electron chi connectivity index (χ0n) is 10.7. The Hall–Kier alpha value is -3.16. The Morgan fingerprint density at radius 3 is 2.62 bits per heavy atom. The van der Waals surface area contributed by atoms with Crippen molar-refractivity contribution in [2.24, 2.45) is 0 Å². The van der Waals surface area contributed by atoms with Gasteiger partial charge in [0.15, 0.2) is 0 Å². The third kappa shape index (κ3) is 3.66. The quantitative estimate of drug-likeness (QED) is 0.600. The van der Waals surface area contributed by atoms with Crippen molar-refractivity contribution in [3.8, 4) is 5.75 Å². The van der Waals surface area contributed by atoms with Gasteiger partial charge in [0.2, 0.25) is 0 Å². The summed E-state index contributed by atoms with van der Waals surface area (Å²) < 4.78 is 0. The molecule has 0 aliphatic rings. The van der Waals surface area contributed by atoms with Crippen LogP contribution in [-0.4, -0.2) is 32.3 Å². The zero-order chi connectivity index (χ0) is 15.4. The normalized spacial score (nSPS) is 10.1. The second-order valence-electron chi connectivity index (χ2n) is 4.18. The van der Waals surface area contributed by atoms with Gasteiger partial charge >= 0.3 is 5.97 Å². The molecular weight excluding hydrogens is 278 g/mol. The van der Waals surface area contributed by atoms with Crippen LogP contribution in [0.15, 0.2) is 35.1 Å². The number of carboxylic acids is 1. The molecule has 8 heteroatoms. The summed E-state index contributed by atoms with van der Waals surface area (Å²) in [6, 6.07) is 6.45. The SMILES string of the molecule is O=C(O)Cc1ccc(O)c(NC(=O)c2ccc(=O)[nH]n2)c1. The minimum absolute atomic E-state index is 0.0439. The number of carbonyl (C=O) groups excluding carboxylic acids is 1. The highest BCUT2D eigenvalue weighted by atomic mass is 16.4. The van der Waals surface area contributed by atoms with Crippen LogP contribution in [0.1, 0.15) is 16.1 Å². The molecule has 0 radical (unpaired) electrons. The van der Waals surface area contributed by atoms with Gasteiger partial charge in [0.25, 0.3) is 11.5 Å². The first-order chi connectivity index (χ1) is 9.95. The molecule has 1 aromatic carbocycles. The lowest BCUT2D eigenvalue weighted by atomic mass is 10.1. The number of hydrogen-bond donors (Lipinski definition) is 4. The molecule has 0 spiro atoms. The largest absolute Gasteiger partial charge is 0.506 e. The van der Waals surface area contributed by atoms with E-state index in [4.69, 9.17) is 5.11 Å². The predicted octanol–water partition coefficient (Wildman–Crippen LogP) is 0.355. The Balaban J connectivity index is 2.21. The first-order valence-corrected chi connectivity index (χ1v) is 5.86. The average Bonchev–Trinajstić information content (AvgIpc) is 2.42. The van der Waals surface area contributed by atoms with Crippen LogP contribution in [0.4, 0.5) is 5.69 Å². The predicted molar refractivity (Wildman–Crippen MR) is 72.3 cm³/mol. The number of carboxylic acid groups (broad SMARTS) is 1. The molecule has 21 heavy (non-hydrogen) atoms. The van der Waals surface area contributed by atoms with Gasteiger partial charge in [0.1, 0.15) is 11.4 Å². The maximum absolute atomic E-state index is 11.9. The molecule has 1 amide bonds. The van der Waals surface area contributed by atoms with Crippen molar-refractivity contribution in [2.75, 3.05) is 5.32 Å². The third-order valence-electron chi connectivity index (χ3n) is 2.58. The van der Waals surface area contributed by atoms with Crippen molar-refractivity contribution in [1.82, 2.24) is 10.2 Å². The van der Waals surface area contributed by atoms with E-state index in [1.54, 1.807) is 0 Å². The van der Waals surface area contributed by atoms with Crippen molar-refractivity contribution >= 4 is 17.6 Å². The lowest BCUT2D eigenvalue weighted by Crippen LogP contribution is -2.17. The number of phenolic OH excluding ortho intramolecular Hbond substituents is 1. The number of anilines is 1. The number of hydrogen-bond acceptors (Lipinski definition) is 5. The lowest BCUT2D eigenvalue weighted by molar-refractivity contribution is -0.136. The van der Waals surface area contributed by atoms with Crippen LogP contribution in [0.2, 0.25) is 0 Å². The number of aliphatic carboxylic acids is 1. The fraction of sp³-hybridized carbons (Fsp3) is 0.0769. The van der Waals surface area contributed by atoms with Gasteiger partial charge in [-0.15, -0.1) is 0 Å². The first kappa shape index (κ1) is 14.3. The molecule has 1 aromatic heterocycles. The van der Waals surface area contributed by atoms with Crippen LogP contribution in [0.3, 0.4) is 0 Å². The summed E-state index contributed by atoms with van der Waals surface area (Å²) in [7, 11) is 0. The van der Waals surface area contributed by atoms with Gasteiger partial charge in [-0.2, -0.15) is 5.10 Å². The monoisotopic (exact) mass is 289 g/mol. The van der Waals surface area contributed by atoms with Crippen LogP contribution in [0, 0.1) is 0 Å². The zero-order valence-corrected chi connectivity index (χ0v) is 10.7. The summed E-state index contributed by atoms with van der Waals surface area (Å²) in [5.74, 6) is -1.88. The molecule has 108 valence electrons. The Labute approximate surface area is 118 Å². The minimum Gasteiger partial charge on any atom is -0.506 e. The molecule has 0 saturated carbocycles. The van der Waals surface area contributed by atoms with Crippen LogP contribution in [-0.2, 0) is 11.2 Å².